The van der Waals surface area contributed by atoms with Gasteiger partial charge >= 0.3 is 0 Å². The molecule has 0 N–H and O–H groups in total. The molecule has 0 amide bonds. The van der Waals surface area contributed by atoms with E-state index in [1.54, 1.807) is 0 Å². The van der Waals surface area contributed by atoms with Crippen molar-refractivity contribution in [2.45, 2.75) is 26.8 Å². The van der Waals surface area contributed by atoms with Crippen LogP contribution in [0.25, 0.3) is 0 Å². The largest absolute Gasteiger partial charge is 0.287 e. The fraction of sp³-hybridized carbons (Fsp3) is 0.286. The highest BCUT2D eigenvalue weighted by Crippen LogP contribution is 2.23. The third-order valence-corrected chi connectivity index (χ3v) is 3.52. The van der Waals surface area contributed by atoms with Crippen molar-refractivity contribution in [3.63, 3.8) is 0 Å². The predicted molar refractivity (Wildman–Crippen MR) is 74.7 cm³/mol. The molecule has 0 fully saturated rings. The first kappa shape index (κ1) is 14.8. The number of benzene rings is 1. The van der Waals surface area contributed by atoms with Crippen LogP contribution in [0.15, 0.2) is 22.8 Å². The topological polar surface area (TPSA) is 34.9 Å². The second kappa shape index (κ2) is 5.83. The van der Waals surface area contributed by atoms with Crippen LogP contribution in [-0.2, 0) is 6.54 Å². The van der Waals surface area contributed by atoms with Crippen LogP contribution < -0.4 is 0 Å². The van der Waals surface area contributed by atoms with E-state index in [1.807, 2.05) is 6.92 Å². The molecule has 3 nitrogen and oxygen atoms in total. The van der Waals surface area contributed by atoms with Gasteiger partial charge in [-0.1, -0.05) is 6.92 Å². The smallest absolute Gasteiger partial charge is 0.215 e. The molecule has 0 atom stereocenters. The van der Waals surface area contributed by atoms with Gasteiger partial charge in [0.2, 0.25) is 5.78 Å². The Morgan fingerprint density at radius 1 is 1.35 bits per heavy atom. The molecule has 0 saturated carbocycles. The van der Waals surface area contributed by atoms with E-state index in [9.17, 15) is 13.6 Å². The maximum Gasteiger partial charge on any atom is 0.215 e. The van der Waals surface area contributed by atoms with Gasteiger partial charge in [0.25, 0.3) is 0 Å². The number of hydrogen-bond donors (Lipinski definition) is 0. The number of halogens is 3. The Balaban J connectivity index is 2.52. The van der Waals surface area contributed by atoms with Gasteiger partial charge in [0.15, 0.2) is 0 Å². The van der Waals surface area contributed by atoms with E-state index >= 15 is 0 Å². The lowest BCUT2D eigenvalue weighted by atomic mass is 10.0. The summed E-state index contributed by atoms with van der Waals surface area (Å²) >= 11 is 3.24. The molecule has 0 bridgehead atoms. The number of aromatic nitrogens is 2. The third kappa shape index (κ3) is 2.65. The van der Waals surface area contributed by atoms with Gasteiger partial charge in [-0.2, -0.15) is 5.10 Å². The molecule has 2 rings (SSSR count). The highest BCUT2D eigenvalue weighted by molar-refractivity contribution is 9.10. The molecular formula is C14H13BrF2N2O. The minimum absolute atomic E-state index is 0.151. The summed E-state index contributed by atoms with van der Waals surface area (Å²) in [6.45, 7) is 3.99. The molecule has 106 valence electrons. The van der Waals surface area contributed by atoms with Gasteiger partial charge in [-0.3, -0.25) is 9.48 Å². The van der Waals surface area contributed by atoms with E-state index in [0.717, 1.165) is 12.5 Å². The lowest BCUT2D eigenvalue weighted by Crippen LogP contribution is -2.14. The molecule has 0 aliphatic carbocycles. The Morgan fingerprint density at radius 2 is 2.05 bits per heavy atom. The summed E-state index contributed by atoms with van der Waals surface area (Å²) in [6.07, 6.45) is 2.29. The Labute approximate surface area is 123 Å². The summed E-state index contributed by atoms with van der Waals surface area (Å²) in [6, 6.07) is 1.96. The Hall–Kier alpha value is -1.56. The molecule has 2 aromatic rings. The summed E-state index contributed by atoms with van der Waals surface area (Å²) in [4.78, 5) is 12.5. The number of carbonyl (C=O) groups excluding carboxylic acids is 1. The molecule has 0 aliphatic rings. The van der Waals surface area contributed by atoms with E-state index in [4.69, 9.17) is 0 Å². The van der Waals surface area contributed by atoms with Crippen LogP contribution in [0.2, 0.25) is 0 Å². The van der Waals surface area contributed by atoms with Gasteiger partial charge in [-0.05, 0) is 40.9 Å². The van der Waals surface area contributed by atoms with Crippen molar-refractivity contribution in [1.82, 2.24) is 9.78 Å². The highest BCUT2D eigenvalue weighted by atomic mass is 79.9. The van der Waals surface area contributed by atoms with Crippen molar-refractivity contribution in [2.75, 3.05) is 0 Å². The Morgan fingerprint density at radius 3 is 2.70 bits per heavy atom. The zero-order chi connectivity index (χ0) is 14.9. The fourth-order valence-corrected chi connectivity index (χ4v) is 2.40. The van der Waals surface area contributed by atoms with Gasteiger partial charge in [0.05, 0.1) is 16.2 Å². The SMILES string of the molecule is CCCn1ncc(Br)c1C(=O)c1cc(C)c(F)cc1F. The van der Waals surface area contributed by atoms with Gasteiger partial charge in [0, 0.05) is 12.6 Å². The number of rotatable bonds is 4. The lowest BCUT2D eigenvalue weighted by molar-refractivity contribution is 0.102. The van der Waals surface area contributed by atoms with E-state index in [-0.39, 0.29) is 16.8 Å². The average Bonchev–Trinajstić information content (AvgIpc) is 2.75. The number of nitrogens with zero attached hydrogens (tertiary/aromatic N) is 2. The van der Waals surface area contributed by atoms with Crippen LogP contribution in [0.1, 0.15) is 35.0 Å². The van der Waals surface area contributed by atoms with Crippen LogP contribution in [0, 0.1) is 18.6 Å². The van der Waals surface area contributed by atoms with Crippen LogP contribution in [-0.4, -0.2) is 15.6 Å². The molecule has 0 saturated heterocycles. The molecule has 0 radical (unpaired) electrons. The Bertz CT molecular complexity index is 667. The van der Waals surface area contributed by atoms with E-state index in [2.05, 4.69) is 21.0 Å². The summed E-state index contributed by atoms with van der Waals surface area (Å²) in [7, 11) is 0. The van der Waals surface area contributed by atoms with Crippen molar-refractivity contribution < 1.29 is 13.6 Å². The van der Waals surface area contributed by atoms with Gasteiger partial charge in [-0.15, -0.1) is 0 Å². The molecule has 20 heavy (non-hydrogen) atoms. The standard InChI is InChI=1S/C14H13BrF2N2O/c1-3-4-19-13(10(15)7-18-19)14(20)9-5-8(2)11(16)6-12(9)17/h5-7H,3-4H2,1-2H3. The molecular weight excluding hydrogens is 330 g/mol. The molecule has 6 heteroatoms. The van der Waals surface area contributed by atoms with E-state index < -0.39 is 17.4 Å². The number of carbonyl (C=O) groups is 1. The predicted octanol–water partition coefficient (Wildman–Crippen LogP) is 3.87. The van der Waals surface area contributed by atoms with Gasteiger partial charge in [0.1, 0.15) is 17.3 Å². The maximum atomic E-state index is 13.8. The highest BCUT2D eigenvalue weighted by Gasteiger charge is 2.22. The average molecular weight is 343 g/mol. The summed E-state index contributed by atoms with van der Waals surface area (Å²) in [5, 5.41) is 4.07. The third-order valence-electron chi connectivity index (χ3n) is 2.94. The van der Waals surface area contributed by atoms with Crippen LogP contribution in [0.4, 0.5) is 8.78 Å². The van der Waals surface area contributed by atoms with Crippen molar-refractivity contribution in [1.29, 1.82) is 0 Å². The quantitative estimate of drug-likeness (QED) is 0.790. The van der Waals surface area contributed by atoms with Crippen molar-refractivity contribution in [3.8, 4) is 0 Å². The normalized spacial score (nSPS) is 10.8. The van der Waals surface area contributed by atoms with Crippen LogP contribution in [0.5, 0.6) is 0 Å². The molecule has 1 aromatic heterocycles. The second-order valence-electron chi connectivity index (χ2n) is 4.47. The van der Waals surface area contributed by atoms with Crippen molar-refractivity contribution in [2.24, 2.45) is 0 Å². The Kier molecular flexibility index (Phi) is 4.32. The lowest BCUT2D eigenvalue weighted by Gasteiger charge is -2.08. The van der Waals surface area contributed by atoms with Crippen molar-refractivity contribution in [3.05, 3.63) is 51.3 Å². The van der Waals surface area contributed by atoms with Crippen LogP contribution in [0.3, 0.4) is 0 Å². The minimum atomic E-state index is -0.866. The van der Waals surface area contributed by atoms with E-state index in [0.29, 0.717) is 11.0 Å². The molecule has 0 spiro atoms. The minimum Gasteiger partial charge on any atom is -0.287 e. The van der Waals surface area contributed by atoms with Crippen molar-refractivity contribution >= 4 is 21.7 Å². The second-order valence-corrected chi connectivity index (χ2v) is 5.33. The summed E-state index contributed by atoms with van der Waals surface area (Å²) < 4.78 is 29.1. The maximum absolute atomic E-state index is 13.8. The van der Waals surface area contributed by atoms with Gasteiger partial charge < -0.3 is 0 Å². The first-order valence-corrected chi connectivity index (χ1v) is 6.96. The zero-order valence-corrected chi connectivity index (χ0v) is 12.7. The molecule has 0 unspecified atom stereocenters. The number of hydrogen-bond acceptors (Lipinski definition) is 2. The zero-order valence-electron chi connectivity index (χ0n) is 11.1. The molecule has 1 aromatic carbocycles. The monoisotopic (exact) mass is 342 g/mol. The fourth-order valence-electron chi connectivity index (χ4n) is 1.93. The van der Waals surface area contributed by atoms with E-state index in [1.165, 1.54) is 23.9 Å². The number of aryl methyl sites for hydroxylation is 2. The number of ketones is 1. The van der Waals surface area contributed by atoms with Gasteiger partial charge in [-0.25, -0.2) is 8.78 Å². The summed E-state index contributed by atoms with van der Waals surface area (Å²) in [5.41, 5.74) is 0.353. The first-order chi connectivity index (χ1) is 9.45. The molecule has 1 heterocycles. The molecule has 0 aliphatic heterocycles. The van der Waals surface area contributed by atoms with Crippen LogP contribution >= 0.6 is 15.9 Å². The first-order valence-electron chi connectivity index (χ1n) is 6.17. The summed E-state index contributed by atoms with van der Waals surface area (Å²) in [5.74, 6) is -2.04.